The molecular weight excluding hydrogens is 278 g/mol. The van der Waals surface area contributed by atoms with E-state index in [0.717, 1.165) is 17.5 Å². The minimum Gasteiger partial charge on any atom is -0.351 e. The van der Waals surface area contributed by atoms with Crippen molar-refractivity contribution in [1.29, 1.82) is 0 Å². The molecule has 8 heteroatoms. The third kappa shape index (κ3) is 3.91. The summed E-state index contributed by atoms with van der Waals surface area (Å²) in [5.74, 6) is 0.471. The van der Waals surface area contributed by atoms with Crippen molar-refractivity contribution in [3.05, 3.63) is 23.9 Å². The van der Waals surface area contributed by atoms with Crippen LogP contribution in [-0.4, -0.2) is 41.4 Å². The van der Waals surface area contributed by atoms with Crippen molar-refractivity contribution in [1.82, 2.24) is 19.3 Å². The molecule has 110 valence electrons. The summed E-state index contributed by atoms with van der Waals surface area (Å²) in [5.41, 5.74) is 1.21. The minimum absolute atomic E-state index is 0.385. The van der Waals surface area contributed by atoms with E-state index in [4.69, 9.17) is 0 Å². The van der Waals surface area contributed by atoms with Crippen LogP contribution in [0, 0.1) is 6.92 Å². The summed E-state index contributed by atoms with van der Waals surface area (Å²) in [6.07, 6.45) is 3.02. The number of aryl methyl sites for hydroxylation is 1. The van der Waals surface area contributed by atoms with Crippen LogP contribution in [0.4, 0.5) is 5.95 Å². The molecule has 0 aliphatic heterocycles. The Kier molecular flexibility index (Phi) is 3.70. The monoisotopic (exact) mass is 297 g/mol. The van der Waals surface area contributed by atoms with Gasteiger partial charge < -0.3 is 5.32 Å². The van der Waals surface area contributed by atoms with E-state index >= 15 is 0 Å². The Bertz CT molecular complexity index is 721. The Morgan fingerprint density at radius 2 is 2.05 bits per heavy atom. The molecule has 2 heterocycles. The maximum Gasteiger partial charge on any atom is 0.243 e. The number of fused-ring (bicyclic) bond motifs is 1. The highest BCUT2D eigenvalue weighted by Gasteiger charge is 2.22. The summed E-state index contributed by atoms with van der Waals surface area (Å²) in [5, 5.41) is 7.34. The Morgan fingerprint density at radius 3 is 2.70 bits per heavy atom. The van der Waals surface area contributed by atoms with Gasteiger partial charge in [0.05, 0.1) is 6.26 Å². The summed E-state index contributed by atoms with van der Waals surface area (Å²) in [6, 6.07) is 3.84. The van der Waals surface area contributed by atoms with Crippen molar-refractivity contribution in [2.45, 2.75) is 26.3 Å². The largest absolute Gasteiger partial charge is 0.351 e. The second-order valence-electron chi connectivity index (χ2n) is 5.56. The molecule has 0 radical (unpaired) electrons. The number of hydrogen-bond acceptors (Lipinski definition) is 5. The molecule has 0 aliphatic carbocycles. The molecule has 0 aromatic carbocycles. The molecule has 0 amide bonds. The first-order valence-corrected chi connectivity index (χ1v) is 8.10. The molecule has 20 heavy (non-hydrogen) atoms. The maximum absolute atomic E-state index is 11.3. The number of pyridine rings is 1. The molecule has 0 unspecified atom stereocenters. The predicted molar refractivity (Wildman–Crippen MR) is 78.3 cm³/mol. The topological polar surface area (TPSA) is 88.4 Å². The minimum atomic E-state index is -3.25. The first-order chi connectivity index (χ1) is 9.15. The number of nitrogens with zero attached hydrogens (tertiary/aromatic N) is 3. The van der Waals surface area contributed by atoms with Gasteiger partial charge in [-0.3, -0.25) is 0 Å². The van der Waals surface area contributed by atoms with Gasteiger partial charge in [0.1, 0.15) is 0 Å². The van der Waals surface area contributed by atoms with E-state index < -0.39 is 15.6 Å². The van der Waals surface area contributed by atoms with E-state index in [9.17, 15) is 8.42 Å². The van der Waals surface area contributed by atoms with Crippen LogP contribution < -0.4 is 10.0 Å². The molecule has 0 saturated heterocycles. The van der Waals surface area contributed by atoms with Crippen molar-refractivity contribution in [3.8, 4) is 0 Å². The van der Waals surface area contributed by atoms with Crippen LogP contribution in [0.25, 0.3) is 5.65 Å². The lowest BCUT2D eigenvalue weighted by molar-refractivity contribution is 0.475. The van der Waals surface area contributed by atoms with Crippen LogP contribution in [0.2, 0.25) is 0 Å². The lowest BCUT2D eigenvalue weighted by atomic mass is 10.1. The Labute approximate surface area is 118 Å². The average Bonchev–Trinajstić information content (AvgIpc) is 2.65. The van der Waals surface area contributed by atoms with Gasteiger partial charge in [-0.25, -0.2) is 17.7 Å². The van der Waals surface area contributed by atoms with Crippen molar-refractivity contribution >= 4 is 21.6 Å². The second kappa shape index (κ2) is 5.02. The molecule has 0 atom stereocenters. The fraction of sp³-hybridized carbons (Fsp3) is 0.500. The first-order valence-electron chi connectivity index (χ1n) is 6.20. The highest BCUT2D eigenvalue weighted by atomic mass is 32.2. The molecule has 0 fully saturated rings. The van der Waals surface area contributed by atoms with Gasteiger partial charge in [0, 0.05) is 18.3 Å². The first kappa shape index (κ1) is 14.7. The Balaban J connectivity index is 2.09. The second-order valence-corrected chi connectivity index (χ2v) is 7.30. The Hall–Kier alpha value is -1.67. The average molecular weight is 297 g/mol. The summed E-state index contributed by atoms with van der Waals surface area (Å²) >= 11 is 0. The Morgan fingerprint density at radius 1 is 1.35 bits per heavy atom. The molecule has 2 aromatic rings. The number of anilines is 1. The molecule has 0 saturated carbocycles. The zero-order valence-corrected chi connectivity index (χ0v) is 12.8. The van der Waals surface area contributed by atoms with Gasteiger partial charge in [0.15, 0.2) is 5.65 Å². The number of nitrogens with one attached hydrogen (secondary N) is 2. The summed E-state index contributed by atoms with van der Waals surface area (Å²) in [6.45, 7) is 5.95. The molecule has 2 rings (SSSR count). The SMILES string of the molecule is Cc1ccc2nc(NCC(C)(C)NS(C)(=O)=O)nn2c1. The molecule has 0 spiro atoms. The summed E-state index contributed by atoms with van der Waals surface area (Å²) in [4.78, 5) is 4.32. The van der Waals surface area contributed by atoms with Crippen molar-refractivity contribution < 1.29 is 8.42 Å². The lowest BCUT2D eigenvalue weighted by Crippen LogP contribution is -2.47. The number of hydrogen-bond donors (Lipinski definition) is 2. The van der Waals surface area contributed by atoms with Gasteiger partial charge in [-0.2, -0.15) is 4.98 Å². The van der Waals surface area contributed by atoms with Gasteiger partial charge in [0.2, 0.25) is 16.0 Å². The highest BCUT2D eigenvalue weighted by molar-refractivity contribution is 7.88. The molecule has 2 N–H and O–H groups in total. The highest BCUT2D eigenvalue weighted by Crippen LogP contribution is 2.09. The van der Waals surface area contributed by atoms with Crippen LogP contribution >= 0.6 is 0 Å². The number of aromatic nitrogens is 3. The van der Waals surface area contributed by atoms with Gasteiger partial charge in [-0.1, -0.05) is 6.07 Å². The zero-order valence-electron chi connectivity index (χ0n) is 12.0. The normalized spacial score (nSPS) is 12.8. The van der Waals surface area contributed by atoms with Crippen molar-refractivity contribution in [2.24, 2.45) is 0 Å². The fourth-order valence-electron chi connectivity index (χ4n) is 1.90. The molecule has 0 aliphatic rings. The third-order valence-corrected chi connectivity index (χ3v) is 3.55. The lowest BCUT2D eigenvalue weighted by Gasteiger charge is -2.24. The quantitative estimate of drug-likeness (QED) is 0.851. The van der Waals surface area contributed by atoms with E-state index in [1.54, 1.807) is 18.4 Å². The van der Waals surface area contributed by atoms with E-state index in [2.05, 4.69) is 20.1 Å². The van der Waals surface area contributed by atoms with Crippen LogP contribution in [-0.2, 0) is 10.0 Å². The molecule has 0 bridgehead atoms. The summed E-state index contributed by atoms with van der Waals surface area (Å²) in [7, 11) is -3.25. The number of sulfonamides is 1. The van der Waals surface area contributed by atoms with E-state index in [0.29, 0.717) is 12.5 Å². The molecule has 7 nitrogen and oxygen atoms in total. The van der Waals surface area contributed by atoms with Crippen molar-refractivity contribution in [2.75, 3.05) is 18.1 Å². The predicted octanol–water partition coefficient (Wildman–Crippen LogP) is 0.777. The molecule has 2 aromatic heterocycles. The van der Waals surface area contributed by atoms with E-state index in [1.807, 2.05) is 25.3 Å². The van der Waals surface area contributed by atoms with Crippen LogP contribution in [0.15, 0.2) is 18.3 Å². The standard InChI is InChI=1S/C12H19N5O2S/c1-9-5-6-10-14-11(15-17(10)7-9)13-8-12(2,3)16-20(4,18)19/h5-7,16H,8H2,1-4H3,(H,13,15). The van der Waals surface area contributed by atoms with Crippen LogP contribution in [0.5, 0.6) is 0 Å². The summed E-state index contributed by atoms with van der Waals surface area (Å²) < 4.78 is 26.8. The van der Waals surface area contributed by atoms with Gasteiger partial charge >= 0.3 is 0 Å². The zero-order chi connectivity index (χ0) is 15.0. The van der Waals surface area contributed by atoms with Crippen LogP contribution in [0.1, 0.15) is 19.4 Å². The smallest absolute Gasteiger partial charge is 0.243 e. The molecular formula is C12H19N5O2S. The van der Waals surface area contributed by atoms with E-state index in [1.165, 1.54) is 0 Å². The van der Waals surface area contributed by atoms with Crippen molar-refractivity contribution in [3.63, 3.8) is 0 Å². The van der Waals surface area contributed by atoms with Gasteiger partial charge in [-0.05, 0) is 32.4 Å². The fourth-order valence-corrected chi connectivity index (χ4v) is 2.97. The van der Waals surface area contributed by atoms with E-state index in [-0.39, 0.29) is 0 Å². The third-order valence-electron chi connectivity index (χ3n) is 2.63. The van der Waals surface area contributed by atoms with Gasteiger partial charge in [-0.15, -0.1) is 5.10 Å². The van der Waals surface area contributed by atoms with Gasteiger partial charge in [0.25, 0.3) is 0 Å². The number of rotatable bonds is 5. The van der Waals surface area contributed by atoms with Crippen LogP contribution in [0.3, 0.4) is 0 Å². The maximum atomic E-state index is 11.3.